The van der Waals surface area contributed by atoms with E-state index in [9.17, 15) is 14.4 Å². The first-order valence-electron chi connectivity index (χ1n) is 8.89. The highest BCUT2D eigenvalue weighted by Gasteiger charge is 2.25. The van der Waals surface area contributed by atoms with Crippen molar-refractivity contribution in [3.63, 3.8) is 0 Å². The van der Waals surface area contributed by atoms with Gasteiger partial charge in [-0.25, -0.2) is 0 Å². The van der Waals surface area contributed by atoms with Gasteiger partial charge in [-0.2, -0.15) is 0 Å². The van der Waals surface area contributed by atoms with E-state index in [-0.39, 0.29) is 30.5 Å². The van der Waals surface area contributed by atoms with Gasteiger partial charge in [-0.1, -0.05) is 32.0 Å². The number of hydrogen-bond donors (Lipinski definition) is 0. The minimum Gasteiger partial charge on any atom is -0.465 e. The van der Waals surface area contributed by atoms with Gasteiger partial charge in [-0.3, -0.25) is 14.4 Å². The summed E-state index contributed by atoms with van der Waals surface area (Å²) in [6.45, 7) is 7.92. The van der Waals surface area contributed by atoms with Gasteiger partial charge in [0.05, 0.1) is 6.61 Å². The summed E-state index contributed by atoms with van der Waals surface area (Å²) in [5.74, 6) is -0.530. The van der Waals surface area contributed by atoms with Crippen molar-refractivity contribution in [3.05, 3.63) is 46.9 Å². The Hall–Kier alpha value is -2.63. The molecule has 1 atom stereocenters. The molecule has 26 heavy (non-hydrogen) atoms. The zero-order valence-electron chi connectivity index (χ0n) is 15.8. The standard InChI is InChI=1S/C20H26N2O4/c1-5-26-18(23)13-21(12-14(2)3)19(24)15(4)22-11-10-16-8-6-7-9-17(16)20(22)25/h6-11,14-15H,5,12-13H2,1-4H3/t15-/m0/s1. The topological polar surface area (TPSA) is 68.6 Å². The number of amides is 1. The number of rotatable bonds is 7. The summed E-state index contributed by atoms with van der Waals surface area (Å²) in [4.78, 5) is 39.0. The summed E-state index contributed by atoms with van der Waals surface area (Å²) in [7, 11) is 0. The van der Waals surface area contributed by atoms with Gasteiger partial charge < -0.3 is 14.2 Å². The smallest absolute Gasteiger partial charge is 0.325 e. The van der Waals surface area contributed by atoms with Crippen molar-refractivity contribution in [1.29, 1.82) is 0 Å². The van der Waals surface area contributed by atoms with Gasteiger partial charge in [0.2, 0.25) is 5.91 Å². The molecule has 0 bridgehead atoms. The Bertz CT molecular complexity index is 841. The van der Waals surface area contributed by atoms with Gasteiger partial charge >= 0.3 is 5.97 Å². The molecule has 0 saturated heterocycles. The number of esters is 1. The van der Waals surface area contributed by atoms with Crippen molar-refractivity contribution in [2.75, 3.05) is 19.7 Å². The Morgan fingerprint density at radius 1 is 1.15 bits per heavy atom. The third kappa shape index (κ3) is 4.50. The molecule has 0 spiro atoms. The predicted octanol–water partition coefficient (Wildman–Crippen LogP) is 2.61. The number of benzene rings is 1. The first-order chi connectivity index (χ1) is 12.3. The molecular weight excluding hydrogens is 332 g/mol. The molecule has 0 aliphatic carbocycles. The van der Waals surface area contributed by atoms with Crippen LogP contribution in [-0.4, -0.2) is 41.0 Å². The summed E-state index contributed by atoms with van der Waals surface area (Å²) >= 11 is 0. The normalized spacial score (nSPS) is 12.2. The summed E-state index contributed by atoms with van der Waals surface area (Å²) in [6.07, 6.45) is 1.63. The fraction of sp³-hybridized carbons (Fsp3) is 0.450. The van der Waals surface area contributed by atoms with Crippen LogP contribution in [0.2, 0.25) is 0 Å². The molecule has 0 aliphatic heterocycles. The molecule has 0 N–H and O–H groups in total. The van der Waals surface area contributed by atoms with Crippen LogP contribution in [0, 0.1) is 5.92 Å². The summed E-state index contributed by atoms with van der Waals surface area (Å²) in [6, 6.07) is 8.38. The zero-order valence-corrected chi connectivity index (χ0v) is 15.8. The maximum absolute atomic E-state index is 13.0. The van der Waals surface area contributed by atoms with Gasteiger partial charge in [0.15, 0.2) is 0 Å². The van der Waals surface area contributed by atoms with Crippen molar-refractivity contribution in [1.82, 2.24) is 9.47 Å². The quantitative estimate of drug-likeness (QED) is 0.714. The molecule has 2 aromatic rings. The molecule has 1 aromatic heterocycles. The van der Waals surface area contributed by atoms with Crippen LogP contribution in [-0.2, 0) is 14.3 Å². The second-order valence-electron chi connectivity index (χ2n) is 6.71. The number of carbonyl (C=O) groups excluding carboxylic acids is 2. The molecule has 0 saturated carbocycles. The SMILES string of the molecule is CCOC(=O)CN(CC(C)C)C(=O)[C@H](C)n1ccc2ccccc2c1=O. The minimum absolute atomic E-state index is 0.114. The van der Waals surface area contributed by atoms with Crippen LogP contribution < -0.4 is 5.56 Å². The first kappa shape index (κ1) is 19.7. The van der Waals surface area contributed by atoms with Crippen LogP contribution >= 0.6 is 0 Å². The fourth-order valence-electron chi connectivity index (χ4n) is 2.93. The molecule has 1 amide bonds. The Morgan fingerprint density at radius 3 is 2.50 bits per heavy atom. The number of pyridine rings is 1. The number of nitrogens with zero attached hydrogens (tertiary/aromatic N) is 2. The number of hydrogen-bond acceptors (Lipinski definition) is 4. The van der Waals surface area contributed by atoms with E-state index >= 15 is 0 Å². The Labute approximate surface area is 153 Å². The summed E-state index contributed by atoms with van der Waals surface area (Å²) in [5.41, 5.74) is -0.218. The molecule has 140 valence electrons. The lowest BCUT2D eigenvalue weighted by Crippen LogP contribution is -2.43. The summed E-state index contributed by atoms with van der Waals surface area (Å²) < 4.78 is 6.39. The predicted molar refractivity (Wildman–Crippen MR) is 101 cm³/mol. The van der Waals surface area contributed by atoms with Crippen LogP contribution in [0.25, 0.3) is 10.8 Å². The summed E-state index contributed by atoms with van der Waals surface area (Å²) in [5, 5.41) is 1.40. The van der Waals surface area contributed by atoms with E-state index in [0.29, 0.717) is 11.9 Å². The van der Waals surface area contributed by atoms with Gasteiger partial charge in [0.25, 0.3) is 5.56 Å². The molecule has 0 aliphatic rings. The molecule has 0 radical (unpaired) electrons. The average Bonchev–Trinajstić information content (AvgIpc) is 2.60. The molecule has 6 heteroatoms. The van der Waals surface area contributed by atoms with E-state index in [4.69, 9.17) is 4.74 Å². The van der Waals surface area contributed by atoms with E-state index in [1.54, 1.807) is 32.2 Å². The van der Waals surface area contributed by atoms with Gasteiger partial charge in [-0.05, 0) is 37.3 Å². The minimum atomic E-state index is -0.708. The van der Waals surface area contributed by atoms with Gasteiger partial charge in [0.1, 0.15) is 12.6 Å². The lowest BCUT2D eigenvalue weighted by atomic mass is 10.1. The molecule has 1 heterocycles. The van der Waals surface area contributed by atoms with E-state index in [0.717, 1.165) is 5.39 Å². The van der Waals surface area contributed by atoms with E-state index in [1.165, 1.54) is 9.47 Å². The molecular formula is C20H26N2O4. The third-order valence-corrected chi connectivity index (χ3v) is 4.14. The highest BCUT2D eigenvalue weighted by Crippen LogP contribution is 2.14. The first-order valence-corrected chi connectivity index (χ1v) is 8.89. The highest BCUT2D eigenvalue weighted by molar-refractivity contribution is 5.85. The number of carbonyl (C=O) groups is 2. The van der Waals surface area contributed by atoms with Crippen LogP contribution in [0.5, 0.6) is 0 Å². The highest BCUT2D eigenvalue weighted by atomic mass is 16.5. The van der Waals surface area contributed by atoms with Crippen LogP contribution in [0.15, 0.2) is 41.3 Å². The second kappa shape index (κ2) is 8.65. The maximum Gasteiger partial charge on any atom is 0.325 e. The maximum atomic E-state index is 13.0. The number of fused-ring (bicyclic) bond motifs is 1. The largest absolute Gasteiger partial charge is 0.465 e. The van der Waals surface area contributed by atoms with Crippen LogP contribution in [0.4, 0.5) is 0 Å². The van der Waals surface area contributed by atoms with Crippen molar-refractivity contribution in [2.45, 2.75) is 33.7 Å². The second-order valence-corrected chi connectivity index (χ2v) is 6.71. The molecule has 0 fully saturated rings. The average molecular weight is 358 g/mol. The Balaban J connectivity index is 2.31. The van der Waals surface area contributed by atoms with Gasteiger partial charge in [-0.15, -0.1) is 0 Å². The van der Waals surface area contributed by atoms with Crippen molar-refractivity contribution in [3.8, 4) is 0 Å². The molecule has 2 rings (SSSR count). The molecule has 6 nitrogen and oxygen atoms in total. The zero-order chi connectivity index (χ0) is 19.3. The van der Waals surface area contributed by atoms with Crippen molar-refractivity contribution >= 4 is 22.6 Å². The Kier molecular flexibility index (Phi) is 6.55. The molecule has 0 unspecified atom stereocenters. The lowest BCUT2D eigenvalue weighted by Gasteiger charge is -2.27. The lowest BCUT2D eigenvalue weighted by molar-refractivity contribution is -0.150. The monoisotopic (exact) mass is 358 g/mol. The van der Waals surface area contributed by atoms with Gasteiger partial charge in [0, 0.05) is 18.1 Å². The third-order valence-electron chi connectivity index (χ3n) is 4.14. The van der Waals surface area contributed by atoms with E-state index < -0.39 is 12.0 Å². The number of aromatic nitrogens is 1. The van der Waals surface area contributed by atoms with Crippen molar-refractivity contribution in [2.24, 2.45) is 5.92 Å². The van der Waals surface area contributed by atoms with Crippen LogP contribution in [0.3, 0.4) is 0 Å². The van der Waals surface area contributed by atoms with E-state index in [1.807, 2.05) is 32.0 Å². The fourth-order valence-corrected chi connectivity index (χ4v) is 2.93. The van der Waals surface area contributed by atoms with E-state index in [2.05, 4.69) is 0 Å². The van der Waals surface area contributed by atoms with Crippen LogP contribution in [0.1, 0.15) is 33.7 Å². The van der Waals surface area contributed by atoms with Crippen molar-refractivity contribution < 1.29 is 14.3 Å². The number of ether oxygens (including phenoxy) is 1. The molecule has 1 aromatic carbocycles. The Morgan fingerprint density at radius 2 is 1.85 bits per heavy atom.